The van der Waals surface area contributed by atoms with Crippen LogP contribution in [0.15, 0.2) is 12.1 Å². The van der Waals surface area contributed by atoms with Crippen molar-refractivity contribution < 1.29 is 14.2 Å². The van der Waals surface area contributed by atoms with Gasteiger partial charge in [0.15, 0.2) is 17.8 Å². The van der Waals surface area contributed by atoms with Crippen LogP contribution in [0.3, 0.4) is 0 Å². The van der Waals surface area contributed by atoms with E-state index in [9.17, 15) is 4.39 Å². The lowest BCUT2D eigenvalue weighted by molar-refractivity contribution is 0.0503. The quantitative estimate of drug-likeness (QED) is 0.784. The van der Waals surface area contributed by atoms with Gasteiger partial charge in [-0.3, -0.25) is 5.73 Å². The Kier molecular flexibility index (Phi) is 3.90. The maximum absolute atomic E-state index is 13.5. The highest BCUT2D eigenvalue weighted by Gasteiger charge is 2.17. The van der Waals surface area contributed by atoms with Gasteiger partial charge in [0.25, 0.3) is 0 Å². The van der Waals surface area contributed by atoms with Crippen molar-refractivity contribution in [2.75, 3.05) is 0 Å². The highest BCUT2D eigenvalue weighted by atomic mass is 35.5. The zero-order chi connectivity index (χ0) is 11.6. The lowest BCUT2D eigenvalue weighted by Crippen LogP contribution is -2.38. The fraction of sp³-hybridized carbons (Fsp3) is 0.400. The van der Waals surface area contributed by atoms with E-state index in [0.717, 1.165) is 0 Å². The normalized spacial score (nSPS) is 14.8. The number of hydrogen-bond donors (Lipinski definition) is 2. The molecule has 84 valence electrons. The molecule has 0 aliphatic carbocycles. The molecule has 0 spiro atoms. The first-order valence-corrected chi connectivity index (χ1v) is 4.86. The smallest absolute Gasteiger partial charge is 0.176 e. The van der Waals surface area contributed by atoms with Crippen LogP contribution >= 0.6 is 11.6 Å². The van der Waals surface area contributed by atoms with E-state index >= 15 is 0 Å². The molecule has 0 aliphatic rings. The summed E-state index contributed by atoms with van der Waals surface area (Å²) in [6.45, 7) is 3.04. The Bertz CT molecular complexity index is 358. The second-order valence-corrected chi connectivity index (χ2v) is 3.74. The molecule has 0 aliphatic heterocycles. The van der Waals surface area contributed by atoms with Gasteiger partial charge in [-0.2, -0.15) is 0 Å². The van der Waals surface area contributed by atoms with Gasteiger partial charge in [-0.15, -0.1) is 0 Å². The van der Waals surface area contributed by atoms with Gasteiger partial charge in [0.05, 0.1) is 5.02 Å². The van der Waals surface area contributed by atoms with E-state index in [4.69, 9.17) is 27.2 Å². The van der Waals surface area contributed by atoms with E-state index in [2.05, 4.69) is 0 Å². The first-order chi connectivity index (χ1) is 6.93. The fourth-order valence-electron chi connectivity index (χ4n) is 0.974. The van der Waals surface area contributed by atoms with E-state index < -0.39 is 18.1 Å². The van der Waals surface area contributed by atoms with Crippen LogP contribution in [0.5, 0.6) is 5.75 Å². The van der Waals surface area contributed by atoms with Crippen LogP contribution in [0.1, 0.15) is 12.5 Å². The molecule has 0 fully saturated rings. The predicted octanol–water partition coefficient (Wildman–Crippen LogP) is 1.83. The number of rotatable bonds is 3. The molecule has 1 rings (SSSR count). The Morgan fingerprint density at radius 3 is 2.67 bits per heavy atom. The first kappa shape index (κ1) is 12.2. The third-order valence-corrected chi connectivity index (χ3v) is 2.27. The second-order valence-electron chi connectivity index (χ2n) is 3.33. The topological polar surface area (TPSA) is 55.5 Å². The molecule has 15 heavy (non-hydrogen) atoms. The Labute approximate surface area is 92.6 Å². The molecule has 0 aromatic heterocycles. The minimum Gasteiger partial charge on any atom is -0.468 e. The number of ether oxygens (including phenoxy) is 1. The molecular weight excluding hydrogens is 221 g/mol. The van der Waals surface area contributed by atoms with Crippen LogP contribution in [-0.4, -0.2) is 17.4 Å². The third kappa shape index (κ3) is 2.81. The van der Waals surface area contributed by atoms with E-state index in [1.165, 1.54) is 13.0 Å². The average Bonchev–Trinajstić information content (AvgIpc) is 2.18. The third-order valence-electron chi connectivity index (χ3n) is 1.97. The van der Waals surface area contributed by atoms with Crippen molar-refractivity contribution >= 4 is 11.6 Å². The van der Waals surface area contributed by atoms with Crippen LogP contribution < -0.4 is 10.5 Å². The summed E-state index contributed by atoms with van der Waals surface area (Å²) in [5.41, 5.74) is 5.85. The number of aryl methyl sites for hydroxylation is 1. The van der Waals surface area contributed by atoms with Crippen LogP contribution in [0.2, 0.25) is 5.02 Å². The second kappa shape index (κ2) is 4.79. The fourth-order valence-corrected chi connectivity index (χ4v) is 1.16. The van der Waals surface area contributed by atoms with Crippen LogP contribution in [0, 0.1) is 12.7 Å². The summed E-state index contributed by atoms with van der Waals surface area (Å²) in [6.07, 6.45) is -1.90. The summed E-state index contributed by atoms with van der Waals surface area (Å²) in [4.78, 5) is 0. The van der Waals surface area contributed by atoms with Gasteiger partial charge in [-0.1, -0.05) is 17.7 Å². The van der Waals surface area contributed by atoms with E-state index in [-0.39, 0.29) is 10.8 Å². The lowest BCUT2D eigenvalue weighted by Gasteiger charge is -2.18. The highest BCUT2D eigenvalue weighted by Crippen LogP contribution is 2.30. The summed E-state index contributed by atoms with van der Waals surface area (Å²) in [7, 11) is 0. The van der Waals surface area contributed by atoms with Crippen molar-refractivity contribution in [3.8, 4) is 5.75 Å². The lowest BCUT2D eigenvalue weighted by atomic mass is 10.2. The predicted molar refractivity (Wildman–Crippen MR) is 56.4 cm³/mol. The van der Waals surface area contributed by atoms with E-state index in [1.807, 2.05) is 0 Å². The SMILES string of the molecule is Cc1ccc(Cl)c(OC(N)C(C)O)c1F. The van der Waals surface area contributed by atoms with Gasteiger partial charge in [0.1, 0.15) is 6.10 Å². The van der Waals surface area contributed by atoms with Gasteiger partial charge in [-0.05, 0) is 25.5 Å². The van der Waals surface area contributed by atoms with E-state index in [1.54, 1.807) is 13.0 Å². The number of hydrogen-bond acceptors (Lipinski definition) is 3. The number of aliphatic hydroxyl groups excluding tert-OH is 1. The van der Waals surface area contributed by atoms with Crippen LogP contribution in [0.4, 0.5) is 4.39 Å². The zero-order valence-corrected chi connectivity index (χ0v) is 9.25. The number of benzene rings is 1. The molecule has 3 nitrogen and oxygen atoms in total. The standard InChI is InChI=1S/C10H13ClFNO2/c1-5-3-4-7(11)9(8(5)12)15-10(13)6(2)14/h3-4,6,10,14H,13H2,1-2H3. The largest absolute Gasteiger partial charge is 0.468 e. The Balaban J connectivity index is 2.98. The Morgan fingerprint density at radius 1 is 1.53 bits per heavy atom. The molecule has 1 aromatic carbocycles. The average molecular weight is 234 g/mol. The molecule has 0 radical (unpaired) electrons. The summed E-state index contributed by atoms with van der Waals surface area (Å²) in [5.74, 6) is -0.677. The Hall–Kier alpha value is -0.840. The molecule has 1 aromatic rings. The highest BCUT2D eigenvalue weighted by molar-refractivity contribution is 6.32. The molecule has 0 heterocycles. The zero-order valence-electron chi connectivity index (χ0n) is 8.50. The first-order valence-electron chi connectivity index (χ1n) is 4.48. The summed E-state index contributed by atoms with van der Waals surface area (Å²) >= 11 is 5.75. The molecule has 3 N–H and O–H groups in total. The maximum Gasteiger partial charge on any atom is 0.176 e. The van der Waals surface area contributed by atoms with Gasteiger partial charge < -0.3 is 9.84 Å². The van der Waals surface area contributed by atoms with Gasteiger partial charge >= 0.3 is 0 Å². The van der Waals surface area contributed by atoms with Crippen molar-refractivity contribution in [2.45, 2.75) is 26.2 Å². The van der Waals surface area contributed by atoms with Crippen molar-refractivity contribution in [3.63, 3.8) is 0 Å². The Morgan fingerprint density at radius 2 is 2.13 bits per heavy atom. The van der Waals surface area contributed by atoms with E-state index in [0.29, 0.717) is 5.56 Å². The van der Waals surface area contributed by atoms with Crippen molar-refractivity contribution in [3.05, 3.63) is 28.5 Å². The summed E-state index contributed by atoms with van der Waals surface area (Å²) in [6, 6.07) is 3.06. The molecule has 2 atom stereocenters. The summed E-state index contributed by atoms with van der Waals surface area (Å²) in [5, 5.41) is 9.25. The van der Waals surface area contributed by atoms with Gasteiger partial charge in [0, 0.05) is 0 Å². The summed E-state index contributed by atoms with van der Waals surface area (Å²) < 4.78 is 18.6. The minimum absolute atomic E-state index is 0.120. The van der Waals surface area contributed by atoms with Gasteiger partial charge in [-0.25, -0.2) is 4.39 Å². The number of nitrogens with two attached hydrogens (primary N) is 1. The number of aliphatic hydroxyl groups is 1. The van der Waals surface area contributed by atoms with Crippen molar-refractivity contribution in [1.82, 2.24) is 0 Å². The molecule has 0 saturated carbocycles. The monoisotopic (exact) mass is 233 g/mol. The van der Waals surface area contributed by atoms with Crippen molar-refractivity contribution in [1.29, 1.82) is 0 Å². The van der Waals surface area contributed by atoms with Crippen LogP contribution in [0.25, 0.3) is 0 Å². The molecular formula is C10H13ClFNO2. The molecule has 2 unspecified atom stereocenters. The molecule has 0 amide bonds. The van der Waals surface area contributed by atoms with Crippen LogP contribution in [-0.2, 0) is 0 Å². The molecule has 0 bridgehead atoms. The maximum atomic E-state index is 13.5. The molecule has 5 heteroatoms. The van der Waals surface area contributed by atoms with Crippen molar-refractivity contribution in [2.24, 2.45) is 5.73 Å². The minimum atomic E-state index is -1.00. The van der Waals surface area contributed by atoms with Gasteiger partial charge in [0.2, 0.25) is 0 Å². The number of halogens is 2. The molecule has 0 saturated heterocycles.